The second-order valence-electron chi connectivity index (χ2n) is 5.35. The smallest absolute Gasteiger partial charge is 0.328 e. The van der Waals surface area contributed by atoms with Gasteiger partial charge in [0.2, 0.25) is 5.91 Å². The van der Waals surface area contributed by atoms with Crippen molar-refractivity contribution in [2.45, 2.75) is 45.2 Å². The lowest BCUT2D eigenvalue weighted by Gasteiger charge is -2.36. The highest BCUT2D eigenvalue weighted by Gasteiger charge is 2.36. The third-order valence-electron chi connectivity index (χ3n) is 3.05. The number of carbonyl (C=O) groups excluding carboxylic acids is 2. The average Bonchev–Trinajstić information content (AvgIpc) is 2.27. The van der Waals surface area contributed by atoms with Crippen molar-refractivity contribution >= 4 is 17.9 Å². The van der Waals surface area contributed by atoms with E-state index in [1.165, 1.54) is 0 Å². The molecular formula is C12H21N3O4. The van der Waals surface area contributed by atoms with E-state index in [9.17, 15) is 14.4 Å². The van der Waals surface area contributed by atoms with Crippen LogP contribution in [0.1, 0.15) is 33.6 Å². The molecule has 7 nitrogen and oxygen atoms in total. The first-order chi connectivity index (χ1) is 8.76. The first-order valence-electron chi connectivity index (χ1n) is 6.35. The van der Waals surface area contributed by atoms with Crippen LogP contribution >= 0.6 is 0 Å². The predicted molar refractivity (Wildman–Crippen MR) is 68.7 cm³/mol. The molecule has 0 aromatic heterocycles. The maximum Gasteiger partial charge on any atom is 0.328 e. The number of nitrogens with one attached hydrogen (secondary N) is 2. The molecule has 0 bridgehead atoms. The Morgan fingerprint density at radius 3 is 2.68 bits per heavy atom. The molecule has 1 heterocycles. The second-order valence-corrected chi connectivity index (χ2v) is 5.35. The molecule has 1 aliphatic heterocycles. The van der Waals surface area contributed by atoms with E-state index in [1.807, 2.05) is 20.8 Å². The molecule has 1 fully saturated rings. The third kappa shape index (κ3) is 4.11. The number of aliphatic carboxylic acids is 1. The van der Waals surface area contributed by atoms with Gasteiger partial charge in [-0.3, -0.25) is 9.69 Å². The van der Waals surface area contributed by atoms with E-state index in [4.69, 9.17) is 5.11 Å². The lowest BCUT2D eigenvalue weighted by atomic mass is 9.99. The fourth-order valence-electron chi connectivity index (χ4n) is 2.12. The van der Waals surface area contributed by atoms with Gasteiger partial charge in [-0.2, -0.15) is 0 Å². The molecule has 108 valence electrons. The number of amides is 3. The van der Waals surface area contributed by atoms with E-state index in [0.717, 1.165) is 17.7 Å². The Bertz CT molecular complexity index is 381. The van der Waals surface area contributed by atoms with Crippen molar-refractivity contribution in [1.82, 2.24) is 15.5 Å². The van der Waals surface area contributed by atoms with Gasteiger partial charge in [-0.15, -0.1) is 0 Å². The van der Waals surface area contributed by atoms with Crippen LogP contribution in [0.25, 0.3) is 0 Å². The summed E-state index contributed by atoms with van der Waals surface area (Å²) in [4.78, 5) is 35.6. The fourth-order valence-corrected chi connectivity index (χ4v) is 2.12. The van der Waals surface area contributed by atoms with E-state index < -0.39 is 23.6 Å². The van der Waals surface area contributed by atoms with E-state index in [-0.39, 0.29) is 19.0 Å². The highest BCUT2D eigenvalue weighted by atomic mass is 16.4. The predicted octanol–water partition coefficient (Wildman–Crippen LogP) is 0.160. The Balaban J connectivity index is 2.76. The van der Waals surface area contributed by atoms with E-state index in [1.54, 1.807) is 0 Å². The van der Waals surface area contributed by atoms with Crippen LogP contribution in [0.3, 0.4) is 0 Å². The zero-order chi connectivity index (χ0) is 14.6. The van der Waals surface area contributed by atoms with Crippen LogP contribution < -0.4 is 10.6 Å². The Hall–Kier alpha value is -1.79. The molecule has 1 unspecified atom stereocenters. The van der Waals surface area contributed by atoms with Gasteiger partial charge >= 0.3 is 12.0 Å². The van der Waals surface area contributed by atoms with Crippen LogP contribution in [-0.2, 0) is 9.59 Å². The van der Waals surface area contributed by atoms with E-state index >= 15 is 0 Å². The molecular weight excluding hydrogens is 250 g/mol. The summed E-state index contributed by atoms with van der Waals surface area (Å²) in [5.41, 5.74) is -0.428. The Kier molecular flexibility index (Phi) is 4.74. The topological polar surface area (TPSA) is 98.7 Å². The molecule has 1 atom stereocenters. The molecule has 0 saturated carbocycles. The average molecular weight is 271 g/mol. The summed E-state index contributed by atoms with van der Waals surface area (Å²) in [7, 11) is 0. The van der Waals surface area contributed by atoms with Crippen LogP contribution in [0, 0.1) is 0 Å². The van der Waals surface area contributed by atoms with Gasteiger partial charge in [0.05, 0.1) is 0 Å². The van der Waals surface area contributed by atoms with Crippen LogP contribution in [0.2, 0.25) is 0 Å². The highest BCUT2D eigenvalue weighted by molar-refractivity contribution is 5.90. The van der Waals surface area contributed by atoms with E-state index in [0.29, 0.717) is 0 Å². The fraction of sp³-hybridized carbons (Fsp3) is 0.750. The summed E-state index contributed by atoms with van der Waals surface area (Å²) in [5.74, 6) is -1.47. The van der Waals surface area contributed by atoms with Gasteiger partial charge in [-0.25, -0.2) is 9.59 Å². The van der Waals surface area contributed by atoms with Crippen molar-refractivity contribution in [2.24, 2.45) is 0 Å². The quantitative estimate of drug-likeness (QED) is 0.678. The zero-order valence-electron chi connectivity index (χ0n) is 11.5. The van der Waals surface area contributed by atoms with Crippen LogP contribution in [-0.4, -0.2) is 52.6 Å². The summed E-state index contributed by atoms with van der Waals surface area (Å²) in [5, 5.41) is 14.3. The zero-order valence-corrected chi connectivity index (χ0v) is 11.5. The summed E-state index contributed by atoms with van der Waals surface area (Å²) in [6.07, 6.45) is 1.67. The molecule has 0 aliphatic carbocycles. The molecule has 3 N–H and O–H groups in total. The Labute approximate surface area is 112 Å². The molecule has 1 saturated heterocycles. The molecule has 19 heavy (non-hydrogen) atoms. The first-order valence-corrected chi connectivity index (χ1v) is 6.35. The number of piperazine rings is 1. The van der Waals surface area contributed by atoms with Crippen molar-refractivity contribution in [2.75, 3.05) is 13.1 Å². The number of rotatable bonds is 4. The van der Waals surface area contributed by atoms with Crippen LogP contribution in [0.15, 0.2) is 0 Å². The number of nitrogens with zero attached hydrogens (tertiary/aromatic N) is 1. The summed E-state index contributed by atoms with van der Waals surface area (Å²) >= 11 is 0. The van der Waals surface area contributed by atoms with Crippen molar-refractivity contribution in [3.63, 3.8) is 0 Å². The normalized spacial score (nSPS) is 19.8. The third-order valence-corrected chi connectivity index (χ3v) is 3.05. The van der Waals surface area contributed by atoms with E-state index in [2.05, 4.69) is 10.6 Å². The van der Waals surface area contributed by atoms with Gasteiger partial charge in [-0.05, 0) is 20.3 Å². The summed E-state index contributed by atoms with van der Waals surface area (Å²) in [6.45, 7) is 5.45. The van der Waals surface area contributed by atoms with Crippen molar-refractivity contribution in [3.8, 4) is 0 Å². The lowest BCUT2D eigenvalue weighted by molar-refractivity contribution is -0.144. The molecule has 3 amide bonds. The van der Waals surface area contributed by atoms with Crippen LogP contribution in [0.4, 0.5) is 4.79 Å². The maximum atomic E-state index is 12.1. The van der Waals surface area contributed by atoms with Gasteiger partial charge in [0.1, 0.15) is 12.6 Å². The lowest BCUT2D eigenvalue weighted by Crippen LogP contribution is -2.63. The molecule has 0 radical (unpaired) electrons. The van der Waals surface area contributed by atoms with Gasteiger partial charge in [0, 0.05) is 12.1 Å². The summed E-state index contributed by atoms with van der Waals surface area (Å²) in [6, 6.07) is -1.53. The van der Waals surface area contributed by atoms with Crippen molar-refractivity contribution < 1.29 is 19.5 Å². The minimum atomic E-state index is -1.12. The Morgan fingerprint density at radius 2 is 2.16 bits per heavy atom. The number of carboxylic acid groups (broad SMARTS) is 1. The van der Waals surface area contributed by atoms with Crippen molar-refractivity contribution in [3.05, 3.63) is 0 Å². The number of hydrogen-bond acceptors (Lipinski definition) is 3. The standard InChI is InChI=1S/C12H21N3O4/c1-4-5-12(2,3)14-11(19)15-7-9(16)13-6-8(15)10(17)18/h8H,4-7H2,1-3H3,(H,13,16)(H,14,19)(H,17,18). The maximum absolute atomic E-state index is 12.1. The monoisotopic (exact) mass is 271 g/mol. The number of carboxylic acids is 1. The Morgan fingerprint density at radius 1 is 1.53 bits per heavy atom. The molecule has 0 spiro atoms. The molecule has 1 rings (SSSR count). The van der Waals surface area contributed by atoms with Crippen LogP contribution in [0.5, 0.6) is 0 Å². The molecule has 7 heteroatoms. The van der Waals surface area contributed by atoms with Gasteiger partial charge in [-0.1, -0.05) is 13.3 Å². The first kappa shape index (κ1) is 15.3. The SMILES string of the molecule is CCCC(C)(C)NC(=O)N1CC(=O)NCC1C(=O)O. The van der Waals surface area contributed by atoms with Gasteiger partial charge in [0.25, 0.3) is 0 Å². The van der Waals surface area contributed by atoms with Crippen molar-refractivity contribution in [1.29, 1.82) is 0 Å². The molecule has 0 aromatic carbocycles. The van der Waals surface area contributed by atoms with Gasteiger partial charge in [0.15, 0.2) is 0 Å². The second kappa shape index (κ2) is 5.90. The molecule has 0 aromatic rings. The number of hydrogen-bond donors (Lipinski definition) is 3. The summed E-state index contributed by atoms with van der Waals surface area (Å²) < 4.78 is 0. The largest absolute Gasteiger partial charge is 0.480 e. The highest BCUT2D eigenvalue weighted by Crippen LogP contribution is 2.13. The number of urea groups is 1. The van der Waals surface area contributed by atoms with Gasteiger partial charge < -0.3 is 15.7 Å². The molecule has 1 aliphatic rings. The number of carbonyl (C=O) groups is 3. The minimum absolute atomic E-state index is 0.0597. The minimum Gasteiger partial charge on any atom is -0.480 e.